The van der Waals surface area contributed by atoms with E-state index in [0.29, 0.717) is 0 Å². The lowest BCUT2D eigenvalue weighted by Gasteiger charge is -2.26. The van der Waals surface area contributed by atoms with Gasteiger partial charge in [-0.3, -0.25) is 4.79 Å². The van der Waals surface area contributed by atoms with Gasteiger partial charge in [0.15, 0.2) is 11.4 Å². The van der Waals surface area contributed by atoms with E-state index < -0.39 is 0 Å². The van der Waals surface area contributed by atoms with Crippen molar-refractivity contribution in [3.63, 3.8) is 0 Å². The molecule has 0 amide bonds. The Hall–Kier alpha value is -1.24. The van der Waals surface area contributed by atoms with Crippen molar-refractivity contribution in [1.29, 1.82) is 0 Å². The van der Waals surface area contributed by atoms with Gasteiger partial charge in [-0.1, -0.05) is 0 Å². The van der Waals surface area contributed by atoms with Crippen LogP contribution in [-0.2, 0) is 12.8 Å². The van der Waals surface area contributed by atoms with Crippen LogP contribution in [0.4, 0.5) is 5.13 Å². The Morgan fingerprint density at radius 1 is 1.29 bits per heavy atom. The second-order valence-corrected chi connectivity index (χ2v) is 7.16. The smallest absolute Gasteiger partial charge is 0.185 e. The third-order valence-corrected chi connectivity index (χ3v) is 5.68. The van der Waals surface area contributed by atoms with E-state index in [4.69, 9.17) is 0 Å². The van der Waals surface area contributed by atoms with Gasteiger partial charge in [-0.05, 0) is 30.9 Å². The van der Waals surface area contributed by atoms with Gasteiger partial charge in [0.1, 0.15) is 0 Å². The molecule has 0 atom stereocenters. The lowest BCUT2D eigenvalue weighted by molar-refractivity contribution is 0.112. The maximum atomic E-state index is 10.3. The summed E-state index contributed by atoms with van der Waals surface area (Å²) in [7, 11) is 0. The van der Waals surface area contributed by atoms with E-state index in [-0.39, 0.29) is 0 Å². The van der Waals surface area contributed by atoms with Crippen molar-refractivity contribution < 1.29 is 4.79 Å². The number of anilines is 1. The van der Waals surface area contributed by atoms with Crippen LogP contribution in [0.2, 0.25) is 0 Å². The van der Waals surface area contributed by atoms with Crippen LogP contribution >= 0.6 is 22.7 Å². The molecule has 112 valence electrons. The fourth-order valence-corrected chi connectivity index (χ4v) is 4.41. The van der Waals surface area contributed by atoms with Crippen LogP contribution in [0.25, 0.3) is 0 Å². The van der Waals surface area contributed by atoms with Crippen LogP contribution in [0.1, 0.15) is 26.5 Å². The molecule has 2 aromatic heterocycles. The number of aryl methyl sites for hydroxylation is 2. The van der Waals surface area contributed by atoms with Gasteiger partial charge in [0.2, 0.25) is 0 Å². The van der Waals surface area contributed by atoms with Crippen LogP contribution in [-0.4, -0.2) is 37.4 Å². The van der Waals surface area contributed by atoms with Crippen molar-refractivity contribution in [3.8, 4) is 0 Å². The number of hydrogen-bond acceptors (Lipinski definition) is 6. The highest BCUT2D eigenvalue weighted by atomic mass is 32.1. The SMILES string of the molecule is O=Cc1cc2c(s1)CCC2.c1csc(N2CCNCC2)n1. The molecule has 1 aliphatic heterocycles. The minimum Gasteiger partial charge on any atom is -0.346 e. The molecule has 4 rings (SSSR count). The fourth-order valence-electron chi connectivity index (χ4n) is 2.64. The summed E-state index contributed by atoms with van der Waals surface area (Å²) in [5, 5.41) is 6.50. The van der Waals surface area contributed by atoms with E-state index in [1.165, 1.54) is 29.7 Å². The minimum absolute atomic E-state index is 0.893. The van der Waals surface area contributed by atoms with Crippen molar-refractivity contribution >= 4 is 34.1 Å². The minimum atomic E-state index is 0.893. The highest BCUT2D eigenvalue weighted by Crippen LogP contribution is 2.29. The summed E-state index contributed by atoms with van der Waals surface area (Å²) in [6, 6.07) is 2.03. The molecule has 0 spiro atoms. The standard InChI is InChI=1S/C8H8OS.C7H11N3S/c9-5-7-4-6-2-1-3-8(6)10-7;1-4-10(5-2-8-1)7-9-3-6-11-7/h4-5H,1-3H2;3,6,8H,1-2,4-5H2. The number of aromatic nitrogens is 1. The summed E-state index contributed by atoms with van der Waals surface area (Å²) < 4.78 is 0. The maximum absolute atomic E-state index is 10.3. The van der Waals surface area contributed by atoms with E-state index in [2.05, 4.69) is 15.2 Å². The molecule has 2 aromatic rings. The van der Waals surface area contributed by atoms with Crippen LogP contribution in [0.5, 0.6) is 0 Å². The summed E-state index contributed by atoms with van der Waals surface area (Å²) >= 11 is 3.37. The van der Waals surface area contributed by atoms with Crippen molar-refractivity contribution in [1.82, 2.24) is 10.3 Å². The lowest BCUT2D eigenvalue weighted by Crippen LogP contribution is -2.43. The molecule has 0 saturated carbocycles. The molecule has 1 aliphatic carbocycles. The molecule has 0 radical (unpaired) electrons. The molecule has 1 fully saturated rings. The second kappa shape index (κ2) is 7.15. The topological polar surface area (TPSA) is 45.2 Å². The van der Waals surface area contributed by atoms with E-state index in [1.54, 1.807) is 22.7 Å². The van der Waals surface area contributed by atoms with Crippen molar-refractivity contribution in [2.75, 3.05) is 31.1 Å². The number of thiophene rings is 1. The van der Waals surface area contributed by atoms with Gasteiger partial charge in [-0.15, -0.1) is 22.7 Å². The maximum Gasteiger partial charge on any atom is 0.185 e. The number of hydrogen-bond donors (Lipinski definition) is 1. The number of fused-ring (bicyclic) bond motifs is 1. The van der Waals surface area contributed by atoms with Gasteiger partial charge in [-0.25, -0.2) is 4.98 Å². The number of aldehydes is 1. The highest BCUT2D eigenvalue weighted by molar-refractivity contribution is 7.14. The Morgan fingerprint density at radius 3 is 2.81 bits per heavy atom. The van der Waals surface area contributed by atoms with Crippen molar-refractivity contribution in [2.45, 2.75) is 19.3 Å². The van der Waals surface area contributed by atoms with Crippen molar-refractivity contribution in [3.05, 3.63) is 33.0 Å². The Balaban J connectivity index is 0.000000126. The summed E-state index contributed by atoms with van der Waals surface area (Å²) in [5.74, 6) is 0. The number of nitrogens with one attached hydrogen (secondary N) is 1. The molecular formula is C15H19N3OS2. The quantitative estimate of drug-likeness (QED) is 0.864. The zero-order chi connectivity index (χ0) is 14.5. The molecule has 1 N–H and O–H groups in total. The predicted molar refractivity (Wildman–Crippen MR) is 88.9 cm³/mol. The van der Waals surface area contributed by atoms with E-state index >= 15 is 0 Å². The number of piperazine rings is 1. The monoisotopic (exact) mass is 321 g/mol. The van der Waals surface area contributed by atoms with Crippen LogP contribution in [0.3, 0.4) is 0 Å². The number of rotatable bonds is 2. The average Bonchev–Trinajstić information content (AvgIpc) is 3.25. The third-order valence-electron chi connectivity index (χ3n) is 3.69. The molecule has 0 bridgehead atoms. The van der Waals surface area contributed by atoms with Gasteiger partial charge < -0.3 is 10.2 Å². The average molecular weight is 321 g/mol. The molecule has 1 saturated heterocycles. The van der Waals surface area contributed by atoms with Gasteiger partial charge in [0, 0.05) is 42.6 Å². The Bertz CT molecular complexity index is 552. The molecule has 0 unspecified atom stereocenters. The van der Waals surface area contributed by atoms with Gasteiger partial charge in [0.05, 0.1) is 4.88 Å². The summed E-state index contributed by atoms with van der Waals surface area (Å²) in [5.41, 5.74) is 1.41. The van der Waals surface area contributed by atoms with Crippen LogP contribution < -0.4 is 10.2 Å². The normalized spacial score (nSPS) is 17.0. The summed E-state index contributed by atoms with van der Waals surface area (Å²) in [4.78, 5) is 19.2. The summed E-state index contributed by atoms with van der Waals surface area (Å²) in [6.07, 6.45) is 6.46. The molecule has 0 aromatic carbocycles. The van der Waals surface area contributed by atoms with E-state index in [0.717, 1.165) is 42.5 Å². The second-order valence-electron chi connectivity index (χ2n) is 5.12. The lowest BCUT2D eigenvalue weighted by atomic mass is 10.2. The first-order valence-corrected chi connectivity index (χ1v) is 8.98. The summed E-state index contributed by atoms with van der Waals surface area (Å²) in [6.45, 7) is 4.35. The Kier molecular flexibility index (Phi) is 5.00. The number of carbonyl (C=O) groups excluding carboxylic acids is 1. The van der Waals surface area contributed by atoms with Gasteiger partial charge in [-0.2, -0.15) is 0 Å². The molecule has 21 heavy (non-hydrogen) atoms. The van der Waals surface area contributed by atoms with Crippen molar-refractivity contribution in [2.24, 2.45) is 0 Å². The van der Waals surface area contributed by atoms with Gasteiger partial charge >= 0.3 is 0 Å². The number of thiazole rings is 1. The predicted octanol–water partition coefficient (Wildman–Crippen LogP) is 2.60. The molecular weight excluding hydrogens is 302 g/mol. The number of nitrogens with zero attached hydrogens (tertiary/aromatic N) is 2. The fraction of sp³-hybridized carbons (Fsp3) is 0.467. The molecule has 4 nitrogen and oxygen atoms in total. The van der Waals surface area contributed by atoms with Crippen LogP contribution in [0, 0.1) is 0 Å². The Labute approximate surface area is 132 Å². The Morgan fingerprint density at radius 2 is 2.14 bits per heavy atom. The molecule has 6 heteroatoms. The van der Waals surface area contributed by atoms with E-state index in [1.807, 2.05) is 17.6 Å². The first-order chi connectivity index (χ1) is 10.4. The van der Waals surface area contributed by atoms with Gasteiger partial charge in [0.25, 0.3) is 0 Å². The largest absolute Gasteiger partial charge is 0.346 e. The zero-order valence-electron chi connectivity index (χ0n) is 11.9. The zero-order valence-corrected chi connectivity index (χ0v) is 13.5. The third kappa shape index (κ3) is 3.70. The van der Waals surface area contributed by atoms with E-state index in [9.17, 15) is 4.79 Å². The highest BCUT2D eigenvalue weighted by Gasteiger charge is 2.13. The first-order valence-electron chi connectivity index (χ1n) is 7.29. The number of carbonyl (C=O) groups is 1. The molecule has 3 heterocycles. The van der Waals surface area contributed by atoms with Crippen LogP contribution in [0.15, 0.2) is 17.6 Å². The first kappa shape index (κ1) is 14.7. The molecule has 2 aliphatic rings.